The lowest BCUT2D eigenvalue weighted by molar-refractivity contribution is -0.142. The monoisotopic (exact) mass is 465 g/mol. The molecule has 0 bridgehead atoms. The maximum Gasteiger partial charge on any atom is 0.407 e. The quantitative estimate of drug-likeness (QED) is 0.498. The topological polar surface area (TPSA) is 108 Å². The van der Waals surface area contributed by atoms with E-state index in [1.807, 2.05) is 43.3 Å². The summed E-state index contributed by atoms with van der Waals surface area (Å²) in [7, 11) is 3.69. The number of rotatable bonds is 10. The van der Waals surface area contributed by atoms with Crippen LogP contribution in [0.3, 0.4) is 0 Å². The lowest BCUT2D eigenvalue weighted by Crippen LogP contribution is -2.46. The van der Waals surface area contributed by atoms with Crippen LogP contribution in [0, 0.1) is 0 Å². The summed E-state index contributed by atoms with van der Waals surface area (Å²) in [5, 5.41) is 14.8. The van der Waals surface area contributed by atoms with Crippen molar-refractivity contribution >= 4 is 18.0 Å². The van der Waals surface area contributed by atoms with Gasteiger partial charge < -0.3 is 25.4 Å². The number of hydrogen-bond donors (Lipinski definition) is 3. The third-order valence-electron chi connectivity index (χ3n) is 6.56. The summed E-state index contributed by atoms with van der Waals surface area (Å²) in [6.07, 6.45) is 1.08. The van der Waals surface area contributed by atoms with E-state index in [4.69, 9.17) is 4.74 Å². The van der Waals surface area contributed by atoms with Crippen molar-refractivity contribution in [2.45, 2.75) is 43.2 Å². The maximum atomic E-state index is 12.6. The first-order valence-corrected chi connectivity index (χ1v) is 11.6. The van der Waals surface area contributed by atoms with E-state index in [1.54, 1.807) is 0 Å². The standard InChI is InChI=1S/C26H31N3O5/c1-29(2)14-11-22(24(31)32)27-23(30)15-26(12-13-26)28-25(33)34-16-21-19-9-5-3-7-17(19)18-8-4-6-10-20(18)21/h3-10,21-22H,11-16H2,1-2H3,(H,27,30)(H,28,33)(H,31,32). The Kier molecular flexibility index (Phi) is 6.88. The van der Waals surface area contributed by atoms with E-state index < -0.39 is 23.6 Å². The zero-order valence-electron chi connectivity index (χ0n) is 19.5. The molecule has 2 aliphatic rings. The van der Waals surface area contributed by atoms with Gasteiger partial charge in [0.2, 0.25) is 5.91 Å². The first kappa shape index (κ1) is 23.8. The molecule has 2 aromatic carbocycles. The molecule has 1 atom stereocenters. The number of nitrogens with zero attached hydrogens (tertiary/aromatic N) is 1. The Bertz CT molecular complexity index is 1030. The molecule has 0 saturated heterocycles. The molecule has 8 nitrogen and oxygen atoms in total. The third-order valence-corrected chi connectivity index (χ3v) is 6.56. The van der Waals surface area contributed by atoms with Crippen molar-refractivity contribution in [1.82, 2.24) is 15.5 Å². The van der Waals surface area contributed by atoms with E-state index in [-0.39, 0.29) is 24.9 Å². The number of carbonyl (C=O) groups is 3. The van der Waals surface area contributed by atoms with Crippen molar-refractivity contribution < 1.29 is 24.2 Å². The molecule has 0 aliphatic heterocycles. The van der Waals surface area contributed by atoms with Crippen molar-refractivity contribution in [2.24, 2.45) is 0 Å². The average Bonchev–Trinajstić information content (AvgIpc) is 3.46. The Morgan fingerprint density at radius 2 is 1.65 bits per heavy atom. The van der Waals surface area contributed by atoms with Crippen LogP contribution >= 0.6 is 0 Å². The van der Waals surface area contributed by atoms with Gasteiger partial charge in [0, 0.05) is 18.9 Å². The van der Waals surface area contributed by atoms with Gasteiger partial charge in [-0.05, 0) is 55.6 Å². The van der Waals surface area contributed by atoms with Gasteiger partial charge >= 0.3 is 12.1 Å². The average molecular weight is 466 g/mol. The predicted molar refractivity (Wildman–Crippen MR) is 128 cm³/mol. The number of amides is 2. The number of aliphatic carboxylic acids is 1. The van der Waals surface area contributed by atoms with Crippen molar-refractivity contribution in [1.29, 1.82) is 0 Å². The van der Waals surface area contributed by atoms with Gasteiger partial charge in [-0.2, -0.15) is 0 Å². The molecule has 0 spiro atoms. The summed E-state index contributed by atoms with van der Waals surface area (Å²) < 4.78 is 5.60. The van der Waals surface area contributed by atoms with Gasteiger partial charge in [-0.3, -0.25) is 4.79 Å². The molecule has 1 unspecified atom stereocenters. The first-order chi connectivity index (χ1) is 16.3. The Morgan fingerprint density at radius 1 is 1.06 bits per heavy atom. The van der Waals surface area contributed by atoms with Crippen LogP contribution < -0.4 is 10.6 Å². The predicted octanol–water partition coefficient (Wildman–Crippen LogP) is 2.97. The minimum atomic E-state index is -1.07. The van der Waals surface area contributed by atoms with Gasteiger partial charge in [0.1, 0.15) is 12.6 Å². The van der Waals surface area contributed by atoms with E-state index in [0.29, 0.717) is 25.8 Å². The molecule has 1 fully saturated rings. The zero-order chi connectivity index (χ0) is 24.3. The van der Waals surface area contributed by atoms with Crippen LogP contribution in [0.2, 0.25) is 0 Å². The molecule has 0 radical (unpaired) electrons. The van der Waals surface area contributed by atoms with Crippen LogP contribution in [0.5, 0.6) is 0 Å². The molecule has 4 rings (SSSR count). The number of fused-ring (bicyclic) bond motifs is 3. The van der Waals surface area contributed by atoms with Gasteiger partial charge in [0.15, 0.2) is 0 Å². The highest BCUT2D eigenvalue weighted by atomic mass is 16.5. The number of hydrogen-bond acceptors (Lipinski definition) is 5. The molecule has 2 aliphatic carbocycles. The summed E-state index contributed by atoms with van der Waals surface area (Å²) in [5.74, 6) is -1.49. The van der Waals surface area contributed by atoms with E-state index in [1.165, 1.54) is 0 Å². The minimum Gasteiger partial charge on any atom is -0.480 e. The van der Waals surface area contributed by atoms with E-state index >= 15 is 0 Å². The summed E-state index contributed by atoms with van der Waals surface area (Å²) >= 11 is 0. The Labute approximate surface area is 199 Å². The molecule has 2 aromatic rings. The fraction of sp³-hybridized carbons (Fsp3) is 0.423. The highest BCUT2D eigenvalue weighted by Crippen LogP contribution is 2.44. The molecule has 8 heteroatoms. The molecular formula is C26H31N3O5. The number of carbonyl (C=O) groups excluding carboxylic acids is 2. The third kappa shape index (κ3) is 5.39. The normalized spacial score (nSPS) is 16.3. The van der Waals surface area contributed by atoms with Gasteiger partial charge in [-0.1, -0.05) is 48.5 Å². The Morgan fingerprint density at radius 3 is 2.18 bits per heavy atom. The van der Waals surface area contributed by atoms with Gasteiger partial charge in [0.25, 0.3) is 0 Å². The number of ether oxygens (including phenoxy) is 1. The highest BCUT2D eigenvalue weighted by Gasteiger charge is 2.46. The summed E-state index contributed by atoms with van der Waals surface area (Å²) in [6.45, 7) is 0.744. The van der Waals surface area contributed by atoms with Crippen LogP contribution in [0.1, 0.15) is 42.7 Å². The molecule has 0 heterocycles. The SMILES string of the molecule is CN(C)CCC(NC(=O)CC1(NC(=O)OCC2c3ccccc3-c3ccccc32)CC1)C(=O)O. The smallest absolute Gasteiger partial charge is 0.407 e. The maximum absolute atomic E-state index is 12.6. The molecule has 0 aromatic heterocycles. The molecule has 1 saturated carbocycles. The number of alkyl carbamates (subject to hydrolysis) is 1. The summed E-state index contributed by atoms with van der Waals surface area (Å²) in [6, 6.07) is 15.3. The largest absolute Gasteiger partial charge is 0.480 e. The lowest BCUT2D eigenvalue weighted by atomic mass is 9.98. The van der Waals surface area contributed by atoms with Gasteiger partial charge in [0.05, 0.1) is 5.54 Å². The Hall–Kier alpha value is -3.39. The summed E-state index contributed by atoms with van der Waals surface area (Å²) in [4.78, 5) is 38.4. The minimum absolute atomic E-state index is 0.0307. The second kappa shape index (κ2) is 9.85. The van der Waals surface area contributed by atoms with Gasteiger partial charge in [-0.25, -0.2) is 9.59 Å². The molecule has 3 N–H and O–H groups in total. The van der Waals surface area contributed by atoms with Crippen LogP contribution in [0.4, 0.5) is 4.79 Å². The van der Waals surface area contributed by atoms with E-state index in [2.05, 4.69) is 34.9 Å². The number of carboxylic acids is 1. The lowest BCUT2D eigenvalue weighted by Gasteiger charge is -2.21. The summed E-state index contributed by atoms with van der Waals surface area (Å²) in [5.41, 5.74) is 3.91. The van der Waals surface area contributed by atoms with Crippen molar-refractivity contribution in [2.75, 3.05) is 27.2 Å². The fourth-order valence-corrected chi connectivity index (χ4v) is 4.55. The fourth-order valence-electron chi connectivity index (χ4n) is 4.55. The van der Waals surface area contributed by atoms with Crippen LogP contribution in [-0.2, 0) is 14.3 Å². The van der Waals surface area contributed by atoms with E-state index in [0.717, 1.165) is 22.3 Å². The second-order valence-electron chi connectivity index (χ2n) is 9.46. The van der Waals surface area contributed by atoms with Crippen molar-refractivity contribution in [3.05, 3.63) is 59.7 Å². The van der Waals surface area contributed by atoms with Crippen molar-refractivity contribution in [3.8, 4) is 11.1 Å². The zero-order valence-corrected chi connectivity index (χ0v) is 19.5. The van der Waals surface area contributed by atoms with Crippen LogP contribution in [0.25, 0.3) is 11.1 Å². The number of carboxylic acid groups (broad SMARTS) is 1. The molecule has 180 valence electrons. The number of benzene rings is 2. The van der Waals surface area contributed by atoms with Gasteiger partial charge in [-0.15, -0.1) is 0 Å². The van der Waals surface area contributed by atoms with Crippen LogP contribution in [-0.4, -0.2) is 66.8 Å². The van der Waals surface area contributed by atoms with E-state index in [9.17, 15) is 19.5 Å². The first-order valence-electron chi connectivity index (χ1n) is 11.6. The Balaban J connectivity index is 1.31. The molecule has 2 amide bonds. The van der Waals surface area contributed by atoms with Crippen molar-refractivity contribution in [3.63, 3.8) is 0 Å². The molecule has 34 heavy (non-hydrogen) atoms. The number of nitrogens with one attached hydrogen (secondary N) is 2. The second-order valence-corrected chi connectivity index (χ2v) is 9.46. The highest BCUT2D eigenvalue weighted by molar-refractivity contribution is 5.85. The molecular weight excluding hydrogens is 434 g/mol. The van der Waals surface area contributed by atoms with Crippen LogP contribution in [0.15, 0.2) is 48.5 Å².